The van der Waals surface area contributed by atoms with Crippen molar-refractivity contribution < 1.29 is 8.42 Å². The van der Waals surface area contributed by atoms with Gasteiger partial charge in [0, 0.05) is 20.6 Å². The lowest BCUT2D eigenvalue weighted by atomic mass is 10.2. The Morgan fingerprint density at radius 1 is 1.38 bits per heavy atom. The first-order valence-corrected chi connectivity index (χ1v) is 8.68. The zero-order valence-corrected chi connectivity index (χ0v) is 15.0. The summed E-state index contributed by atoms with van der Waals surface area (Å²) in [6, 6.07) is 5.08. The van der Waals surface area contributed by atoms with Crippen LogP contribution >= 0.6 is 39.1 Å². The van der Waals surface area contributed by atoms with E-state index in [2.05, 4.69) is 26.2 Å². The van der Waals surface area contributed by atoms with E-state index in [-0.39, 0.29) is 16.2 Å². The second kappa shape index (κ2) is 6.21. The molecule has 6 nitrogen and oxygen atoms in total. The predicted molar refractivity (Wildman–Crippen MR) is 83.8 cm³/mol. The maximum atomic E-state index is 12.6. The topological polar surface area (TPSA) is 68.1 Å². The van der Waals surface area contributed by atoms with Crippen LogP contribution in [0.1, 0.15) is 5.56 Å². The van der Waals surface area contributed by atoms with Crippen LogP contribution in [0.15, 0.2) is 27.8 Å². The summed E-state index contributed by atoms with van der Waals surface area (Å²) in [5.41, 5.74) is 0.612. The van der Waals surface area contributed by atoms with Crippen molar-refractivity contribution in [1.82, 2.24) is 19.3 Å². The molecule has 114 valence electrons. The number of benzene rings is 1. The van der Waals surface area contributed by atoms with Gasteiger partial charge in [-0.05, 0) is 27.6 Å². The lowest BCUT2D eigenvalue weighted by molar-refractivity contribution is 0.456. The first-order chi connectivity index (χ1) is 9.75. The number of sulfonamides is 1. The molecule has 21 heavy (non-hydrogen) atoms. The van der Waals surface area contributed by atoms with Crippen molar-refractivity contribution in [2.75, 3.05) is 7.05 Å². The van der Waals surface area contributed by atoms with Crippen molar-refractivity contribution in [3.8, 4) is 0 Å². The quantitative estimate of drug-likeness (QED) is 0.772. The molecule has 10 heteroatoms. The zero-order chi connectivity index (χ0) is 15.8. The largest absolute Gasteiger partial charge is 0.263 e. The van der Waals surface area contributed by atoms with Gasteiger partial charge in [0.1, 0.15) is 0 Å². The Balaban J connectivity index is 2.36. The summed E-state index contributed by atoms with van der Waals surface area (Å²) < 4.78 is 27.6. The van der Waals surface area contributed by atoms with E-state index >= 15 is 0 Å². The number of hydrogen-bond donors (Lipinski definition) is 0. The van der Waals surface area contributed by atoms with E-state index in [9.17, 15) is 8.42 Å². The molecule has 0 aliphatic carbocycles. The van der Waals surface area contributed by atoms with Crippen LogP contribution in [0.3, 0.4) is 0 Å². The predicted octanol–water partition coefficient (Wildman–Crippen LogP) is 2.71. The molecule has 2 rings (SSSR count). The average Bonchev–Trinajstić information content (AvgIpc) is 2.75. The number of halogens is 3. The SMILES string of the molecule is CN(Cc1cccc(Cl)c1Cl)S(=O)(=O)c1c(Br)nnn1C. The number of nitrogens with zero attached hydrogens (tertiary/aromatic N) is 4. The third kappa shape index (κ3) is 3.24. The van der Waals surface area contributed by atoms with Crippen LogP contribution in [0, 0.1) is 0 Å². The summed E-state index contributed by atoms with van der Waals surface area (Å²) >= 11 is 15.1. The standard InChI is InChI=1S/C11H11BrCl2N4O2S/c1-17(6-7-4-3-5-8(13)9(7)14)21(19,20)11-10(12)15-16-18(11)2/h3-5H,6H2,1-2H3. The van der Waals surface area contributed by atoms with E-state index < -0.39 is 10.0 Å². The number of rotatable bonds is 4. The van der Waals surface area contributed by atoms with Crippen LogP contribution in [-0.4, -0.2) is 34.8 Å². The molecule has 2 aromatic rings. The fourth-order valence-electron chi connectivity index (χ4n) is 1.74. The van der Waals surface area contributed by atoms with Crippen LogP contribution in [0.5, 0.6) is 0 Å². The first kappa shape index (κ1) is 16.7. The molecule has 1 heterocycles. The Hall–Kier alpha value is -0.670. The van der Waals surface area contributed by atoms with Crippen LogP contribution in [0.25, 0.3) is 0 Å². The van der Waals surface area contributed by atoms with Gasteiger partial charge in [-0.2, -0.15) is 4.31 Å². The molecule has 0 unspecified atom stereocenters. The number of hydrogen-bond acceptors (Lipinski definition) is 4. The summed E-state index contributed by atoms with van der Waals surface area (Å²) in [5, 5.41) is 8.04. The van der Waals surface area contributed by atoms with Gasteiger partial charge in [-0.1, -0.05) is 40.5 Å². The van der Waals surface area contributed by atoms with Crippen LogP contribution < -0.4 is 0 Å². The average molecular weight is 414 g/mol. The summed E-state index contributed by atoms with van der Waals surface area (Å²) in [5.74, 6) is 0. The highest BCUT2D eigenvalue weighted by Gasteiger charge is 2.29. The van der Waals surface area contributed by atoms with Gasteiger partial charge in [-0.25, -0.2) is 13.1 Å². The van der Waals surface area contributed by atoms with Crippen LogP contribution in [0.2, 0.25) is 10.0 Å². The van der Waals surface area contributed by atoms with E-state index in [1.807, 2.05) is 0 Å². The second-order valence-corrected chi connectivity index (χ2v) is 7.78. The Morgan fingerprint density at radius 3 is 2.62 bits per heavy atom. The summed E-state index contributed by atoms with van der Waals surface area (Å²) in [6.45, 7) is 0.0827. The first-order valence-electron chi connectivity index (χ1n) is 5.69. The number of aryl methyl sites for hydroxylation is 1. The van der Waals surface area contributed by atoms with Gasteiger partial charge in [0.2, 0.25) is 5.03 Å². The molecule has 0 aliphatic rings. The molecule has 0 atom stereocenters. The van der Waals surface area contributed by atoms with Crippen molar-refractivity contribution in [2.45, 2.75) is 11.6 Å². The smallest absolute Gasteiger partial charge is 0.235 e. The van der Waals surface area contributed by atoms with Crippen LogP contribution in [0.4, 0.5) is 0 Å². The van der Waals surface area contributed by atoms with Crippen molar-refractivity contribution in [2.24, 2.45) is 7.05 Å². The summed E-state index contributed by atoms with van der Waals surface area (Å²) in [7, 11) is -0.807. The summed E-state index contributed by atoms with van der Waals surface area (Å²) in [6.07, 6.45) is 0. The van der Waals surface area contributed by atoms with Gasteiger partial charge < -0.3 is 0 Å². The van der Waals surface area contributed by atoms with E-state index in [0.29, 0.717) is 15.6 Å². The second-order valence-electron chi connectivity index (χ2n) is 4.28. The Kier molecular flexibility index (Phi) is 4.94. The van der Waals surface area contributed by atoms with E-state index in [0.717, 1.165) is 4.31 Å². The third-order valence-electron chi connectivity index (χ3n) is 2.82. The Bertz CT molecular complexity index is 759. The maximum Gasteiger partial charge on any atom is 0.263 e. The molecule has 0 spiro atoms. The maximum absolute atomic E-state index is 12.6. The highest BCUT2D eigenvalue weighted by Crippen LogP contribution is 2.28. The molecule has 0 saturated carbocycles. The molecule has 1 aromatic heterocycles. The van der Waals surface area contributed by atoms with Gasteiger partial charge in [-0.15, -0.1) is 5.10 Å². The van der Waals surface area contributed by atoms with Gasteiger partial charge in [0.15, 0.2) is 4.60 Å². The molecule has 0 fully saturated rings. The van der Waals surface area contributed by atoms with Gasteiger partial charge in [0.05, 0.1) is 10.0 Å². The third-order valence-corrected chi connectivity index (χ3v) is 6.37. The van der Waals surface area contributed by atoms with Gasteiger partial charge in [-0.3, -0.25) is 0 Å². The highest BCUT2D eigenvalue weighted by atomic mass is 79.9. The van der Waals surface area contributed by atoms with E-state index in [1.54, 1.807) is 18.2 Å². The van der Waals surface area contributed by atoms with Crippen molar-refractivity contribution >= 4 is 49.2 Å². The molecule has 0 saturated heterocycles. The Labute approximate surface area is 140 Å². The monoisotopic (exact) mass is 412 g/mol. The fraction of sp³-hybridized carbons (Fsp3) is 0.273. The minimum Gasteiger partial charge on any atom is -0.235 e. The van der Waals surface area contributed by atoms with E-state index in [4.69, 9.17) is 23.2 Å². The van der Waals surface area contributed by atoms with E-state index in [1.165, 1.54) is 18.8 Å². The lowest BCUT2D eigenvalue weighted by Gasteiger charge is -2.18. The summed E-state index contributed by atoms with van der Waals surface area (Å²) in [4.78, 5) is 0. The van der Waals surface area contributed by atoms with Crippen LogP contribution in [-0.2, 0) is 23.6 Å². The minimum absolute atomic E-state index is 0.0249. The van der Waals surface area contributed by atoms with Crippen molar-refractivity contribution in [3.63, 3.8) is 0 Å². The molecule has 0 N–H and O–H groups in total. The molecular weight excluding hydrogens is 403 g/mol. The fourth-order valence-corrected chi connectivity index (χ4v) is 4.29. The lowest BCUT2D eigenvalue weighted by Crippen LogP contribution is -2.28. The van der Waals surface area contributed by atoms with Gasteiger partial charge in [0.25, 0.3) is 10.0 Å². The molecular formula is C11H11BrCl2N4O2S. The van der Waals surface area contributed by atoms with Crippen molar-refractivity contribution in [3.05, 3.63) is 38.4 Å². The normalized spacial score (nSPS) is 12.1. The minimum atomic E-state index is -3.76. The molecule has 0 radical (unpaired) electrons. The number of aromatic nitrogens is 3. The molecule has 0 bridgehead atoms. The Morgan fingerprint density at radius 2 is 2.05 bits per heavy atom. The van der Waals surface area contributed by atoms with Gasteiger partial charge >= 0.3 is 0 Å². The molecule has 0 aliphatic heterocycles. The zero-order valence-electron chi connectivity index (χ0n) is 11.1. The highest BCUT2D eigenvalue weighted by molar-refractivity contribution is 9.10. The molecule has 1 aromatic carbocycles. The molecule has 0 amide bonds. The van der Waals surface area contributed by atoms with Crippen molar-refractivity contribution in [1.29, 1.82) is 0 Å².